The molecular formula is C21H18N2O4S. The largest absolute Gasteiger partial charge is 0.453 e. The number of ketones is 1. The number of nitrogens with one attached hydrogen (secondary N) is 1. The average Bonchev–Trinajstić information content (AvgIpc) is 3.36. The first kappa shape index (κ1) is 17.2. The summed E-state index contributed by atoms with van der Waals surface area (Å²) in [5.41, 5.74) is 1.18. The van der Waals surface area contributed by atoms with Gasteiger partial charge in [0.15, 0.2) is 5.76 Å². The number of hydrogen-bond donors (Lipinski definition) is 1. The van der Waals surface area contributed by atoms with E-state index in [0.29, 0.717) is 12.0 Å². The van der Waals surface area contributed by atoms with Gasteiger partial charge in [-0.05, 0) is 43.7 Å². The highest BCUT2D eigenvalue weighted by Crippen LogP contribution is 2.42. The van der Waals surface area contributed by atoms with Crippen molar-refractivity contribution in [2.45, 2.75) is 31.7 Å². The number of urea groups is 1. The zero-order valence-corrected chi connectivity index (χ0v) is 16.1. The van der Waals surface area contributed by atoms with Gasteiger partial charge in [-0.2, -0.15) is 0 Å². The van der Waals surface area contributed by atoms with E-state index in [1.54, 1.807) is 17.4 Å². The van der Waals surface area contributed by atoms with Gasteiger partial charge in [0.1, 0.15) is 11.1 Å². The summed E-state index contributed by atoms with van der Waals surface area (Å²) in [4.78, 5) is 40.9. The van der Waals surface area contributed by atoms with E-state index in [4.69, 9.17) is 4.42 Å². The van der Waals surface area contributed by atoms with E-state index in [2.05, 4.69) is 5.32 Å². The van der Waals surface area contributed by atoms with Crippen molar-refractivity contribution < 1.29 is 18.8 Å². The van der Waals surface area contributed by atoms with Crippen molar-refractivity contribution in [3.8, 4) is 0 Å². The zero-order valence-electron chi connectivity index (χ0n) is 15.3. The molecule has 3 heterocycles. The van der Waals surface area contributed by atoms with Gasteiger partial charge in [0.2, 0.25) is 5.78 Å². The molecule has 1 aliphatic heterocycles. The van der Waals surface area contributed by atoms with Crippen molar-refractivity contribution >= 4 is 40.0 Å². The molecule has 0 radical (unpaired) electrons. The molecule has 5 rings (SSSR count). The molecule has 1 aromatic carbocycles. The van der Waals surface area contributed by atoms with Crippen molar-refractivity contribution in [3.05, 3.63) is 57.5 Å². The Labute approximate surface area is 165 Å². The number of aryl methyl sites for hydroxylation is 2. The number of furan rings is 1. The van der Waals surface area contributed by atoms with Crippen LogP contribution >= 0.6 is 11.3 Å². The molecule has 142 valence electrons. The van der Waals surface area contributed by atoms with E-state index in [9.17, 15) is 14.4 Å². The third kappa shape index (κ3) is 2.29. The minimum Gasteiger partial charge on any atom is -0.453 e. The van der Waals surface area contributed by atoms with E-state index in [1.807, 2.05) is 36.6 Å². The van der Waals surface area contributed by atoms with Gasteiger partial charge in [-0.1, -0.05) is 18.2 Å². The predicted molar refractivity (Wildman–Crippen MR) is 104 cm³/mol. The number of imide groups is 1. The molecule has 1 N–H and O–H groups in total. The average molecular weight is 394 g/mol. The van der Waals surface area contributed by atoms with Crippen LogP contribution in [0.2, 0.25) is 0 Å². The van der Waals surface area contributed by atoms with Gasteiger partial charge in [-0.3, -0.25) is 14.5 Å². The Morgan fingerprint density at radius 2 is 2.11 bits per heavy atom. The number of rotatable bonds is 3. The Bertz CT molecular complexity index is 1140. The van der Waals surface area contributed by atoms with Crippen LogP contribution in [0.1, 0.15) is 39.4 Å². The number of hydrogen-bond acceptors (Lipinski definition) is 5. The second-order valence-electron chi connectivity index (χ2n) is 7.31. The van der Waals surface area contributed by atoms with E-state index in [1.165, 1.54) is 0 Å². The van der Waals surface area contributed by atoms with E-state index >= 15 is 0 Å². The van der Waals surface area contributed by atoms with Crippen molar-refractivity contribution in [2.75, 3.05) is 6.54 Å². The number of carbonyl (C=O) groups excluding carboxylic acids is 3. The highest BCUT2D eigenvalue weighted by molar-refractivity contribution is 7.10. The molecular weight excluding hydrogens is 376 g/mol. The Morgan fingerprint density at radius 3 is 2.93 bits per heavy atom. The normalized spacial score (nSPS) is 21.4. The summed E-state index contributed by atoms with van der Waals surface area (Å²) in [6, 6.07) is 8.78. The fourth-order valence-corrected chi connectivity index (χ4v) is 5.34. The first-order valence-electron chi connectivity index (χ1n) is 9.23. The van der Waals surface area contributed by atoms with Crippen molar-refractivity contribution in [3.63, 3.8) is 0 Å². The quantitative estimate of drug-likeness (QED) is 0.542. The number of Topliss-reactive ketones (excluding diaryl/α,β-unsaturated/α-hetero) is 1. The molecule has 3 aromatic rings. The topological polar surface area (TPSA) is 79.6 Å². The number of fused-ring (bicyclic) bond motifs is 3. The van der Waals surface area contributed by atoms with E-state index in [-0.39, 0.29) is 24.0 Å². The fourth-order valence-electron chi connectivity index (χ4n) is 4.34. The summed E-state index contributed by atoms with van der Waals surface area (Å²) >= 11 is 1.60. The van der Waals surface area contributed by atoms with Crippen LogP contribution in [-0.4, -0.2) is 29.2 Å². The van der Waals surface area contributed by atoms with Crippen LogP contribution in [0, 0.1) is 6.92 Å². The summed E-state index contributed by atoms with van der Waals surface area (Å²) < 4.78 is 5.70. The van der Waals surface area contributed by atoms with Crippen molar-refractivity contribution in [1.29, 1.82) is 0 Å². The van der Waals surface area contributed by atoms with E-state index in [0.717, 1.165) is 39.1 Å². The van der Waals surface area contributed by atoms with Crippen LogP contribution in [-0.2, 0) is 16.8 Å². The van der Waals surface area contributed by atoms with Gasteiger partial charge in [0, 0.05) is 21.4 Å². The number of nitrogens with zero attached hydrogens (tertiary/aromatic N) is 1. The fraction of sp³-hybridized carbons (Fsp3) is 0.286. The summed E-state index contributed by atoms with van der Waals surface area (Å²) in [5.74, 6) is -0.530. The summed E-state index contributed by atoms with van der Waals surface area (Å²) in [6.45, 7) is 1.48. The van der Waals surface area contributed by atoms with Crippen molar-refractivity contribution in [1.82, 2.24) is 10.2 Å². The SMILES string of the molecule is Cc1c(C(=O)CN2C(=O)NC3(CCCc4sccc43)C2=O)oc2ccccc12. The molecule has 3 amide bonds. The number of para-hydroxylation sites is 1. The lowest BCUT2D eigenvalue weighted by Gasteiger charge is -2.31. The van der Waals surface area contributed by atoms with Gasteiger partial charge >= 0.3 is 6.03 Å². The van der Waals surface area contributed by atoms with Crippen LogP contribution in [0.5, 0.6) is 0 Å². The maximum Gasteiger partial charge on any atom is 0.325 e. The predicted octanol–water partition coefficient (Wildman–Crippen LogP) is 3.77. The second kappa shape index (κ2) is 6.04. The lowest BCUT2D eigenvalue weighted by atomic mass is 9.80. The lowest BCUT2D eigenvalue weighted by molar-refractivity contribution is -0.131. The zero-order chi connectivity index (χ0) is 19.5. The van der Waals surface area contributed by atoms with Crippen LogP contribution < -0.4 is 5.32 Å². The lowest BCUT2D eigenvalue weighted by Crippen LogP contribution is -2.46. The first-order valence-corrected chi connectivity index (χ1v) is 10.1. The molecule has 1 aliphatic carbocycles. The number of amides is 3. The maximum absolute atomic E-state index is 13.2. The Morgan fingerprint density at radius 1 is 1.29 bits per heavy atom. The van der Waals surface area contributed by atoms with Gasteiger partial charge < -0.3 is 9.73 Å². The van der Waals surface area contributed by atoms with E-state index < -0.39 is 11.6 Å². The molecule has 1 saturated heterocycles. The monoisotopic (exact) mass is 394 g/mol. The summed E-state index contributed by atoms with van der Waals surface area (Å²) in [5, 5.41) is 5.67. The molecule has 2 aliphatic rings. The minimum absolute atomic E-state index is 0.197. The molecule has 1 atom stereocenters. The number of carbonyl (C=O) groups is 3. The van der Waals surface area contributed by atoms with Crippen LogP contribution in [0.15, 0.2) is 40.1 Å². The molecule has 1 fully saturated rings. The highest BCUT2D eigenvalue weighted by Gasteiger charge is 2.54. The Balaban J connectivity index is 1.46. The van der Waals surface area contributed by atoms with Gasteiger partial charge in [0.05, 0.1) is 6.54 Å². The highest BCUT2D eigenvalue weighted by atomic mass is 32.1. The molecule has 28 heavy (non-hydrogen) atoms. The summed E-state index contributed by atoms with van der Waals surface area (Å²) in [7, 11) is 0. The van der Waals surface area contributed by atoms with Gasteiger partial charge in [-0.15, -0.1) is 11.3 Å². The number of benzene rings is 1. The summed E-state index contributed by atoms with van der Waals surface area (Å²) in [6.07, 6.45) is 2.29. The molecule has 0 bridgehead atoms. The molecule has 7 heteroatoms. The Hall–Kier alpha value is -2.93. The van der Waals surface area contributed by atoms with Crippen LogP contribution in [0.4, 0.5) is 4.79 Å². The third-order valence-electron chi connectivity index (χ3n) is 5.74. The van der Waals surface area contributed by atoms with Crippen molar-refractivity contribution in [2.24, 2.45) is 0 Å². The second-order valence-corrected chi connectivity index (χ2v) is 8.31. The smallest absolute Gasteiger partial charge is 0.325 e. The molecule has 0 saturated carbocycles. The maximum atomic E-state index is 13.2. The molecule has 6 nitrogen and oxygen atoms in total. The first-order chi connectivity index (χ1) is 13.5. The van der Waals surface area contributed by atoms with Gasteiger partial charge in [0.25, 0.3) is 5.91 Å². The standard InChI is InChI=1S/C21H18N2O4S/c1-12-13-5-2-3-6-16(13)27-18(12)15(24)11-23-19(25)21(22-20(23)26)9-4-7-17-14(21)8-10-28-17/h2-3,5-6,8,10H,4,7,9,11H2,1H3,(H,22,26). The molecule has 1 unspecified atom stereocenters. The Kier molecular flexibility index (Phi) is 3.71. The van der Waals surface area contributed by atoms with Crippen LogP contribution in [0.25, 0.3) is 11.0 Å². The van der Waals surface area contributed by atoms with Gasteiger partial charge in [-0.25, -0.2) is 4.79 Å². The van der Waals surface area contributed by atoms with Crippen LogP contribution in [0.3, 0.4) is 0 Å². The minimum atomic E-state index is -1.03. The molecule has 2 aromatic heterocycles. The third-order valence-corrected chi connectivity index (χ3v) is 6.72. The molecule has 1 spiro atoms. The number of thiophene rings is 1.